The van der Waals surface area contributed by atoms with Gasteiger partial charge in [-0.05, 0) is 30.4 Å². The first-order chi connectivity index (χ1) is 6.75. The second kappa shape index (κ2) is 3.54. The van der Waals surface area contributed by atoms with Crippen LogP contribution in [0.3, 0.4) is 0 Å². The summed E-state index contributed by atoms with van der Waals surface area (Å²) in [5, 5.41) is 0. The zero-order valence-electron chi connectivity index (χ0n) is 7.69. The first kappa shape index (κ1) is 8.81. The molecule has 14 heavy (non-hydrogen) atoms. The standard InChI is InChI=1S/C11H11NO2/c12-9-2-4-11-8(7-9)1-3-10(13)5-6-14-11/h1-4,7H,5-6,12H2/b3-1-. The molecule has 0 aromatic heterocycles. The molecule has 2 N–H and O–H groups in total. The van der Waals surface area contributed by atoms with E-state index < -0.39 is 0 Å². The lowest BCUT2D eigenvalue weighted by Gasteiger charge is -2.11. The van der Waals surface area contributed by atoms with Crippen molar-refractivity contribution in [3.05, 3.63) is 29.8 Å². The van der Waals surface area contributed by atoms with Gasteiger partial charge in [0.15, 0.2) is 5.78 Å². The predicted octanol–water partition coefficient (Wildman–Crippen LogP) is 1.63. The number of allylic oxidation sites excluding steroid dienone is 1. The predicted molar refractivity (Wildman–Crippen MR) is 55.0 cm³/mol. The lowest BCUT2D eigenvalue weighted by molar-refractivity contribution is -0.115. The number of benzene rings is 1. The molecule has 0 fully saturated rings. The van der Waals surface area contributed by atoms with E-state index in [0.717, 1.165) is 11.3 Å². The van der Waals surface area contributed by atoms with Crippen LogP contribution in [0.15, 0.2) is 24.3 Å². The minimum Gasteiger partial charge on any atom is -0.492 e. The summed E-state index contributed by atoms with van der Waals surface area (Å²) in [7, 11) is 0. The van der Waals surface area contributed by atoms with Crippen LogP contribution in [-0.2, 0) is 4.79 Å². The maximum absolute atomic E-state index is 11.1. The molecule has 1 aromatic carbocycles. The third-order valence-corrected chi connectivity index (χ3v) is 2.09. The number of ether oxygens (including phenoxy) is 1. The number of nitrogens with two attached hydrogens (primary N) is 1. The average Bonchev–Trinajstić information content (AvgIpc) is 2.15. The molecule has 0 spiro atoms. The van der Waals surface area contributed by atoms with Crippen LogP contribution >= 0.6 is 0 Å². The Balaban J connectivity index is 2.43. The summed E-state index contributed by atoms with van der Waals surface area (Å²) in [6.07, 6.45) is 3.74. The van der Waals surface area contributed by atoms with Crippen LogP contribution in [0.2, 0.25) is 0 Å². The average molecular weight is 189 g/mol. The van der Waals surface area contributed by atoms with Crippen molar-refractivity contribution in [1.29, 1.82) is 0 Å². The molecule has 0 bridgehead atoms. The molecule has 2 rings (SSSR count). The molecular weight excluding hydrogens is 178 g/mol. The topological polar surface area (TPSA) is 52.3 Å². The molecule has 0 atom stereocenters. The molecule has 1 heterocycles. The van der Waals surface area contributed by atoms with Gasteiger partial charge < -0.3 is 10.5 Å². The maximum atomic E-state index is 11.1. The van der Waals surface area contributed by atoms with Gasteiger partial charge in [-0.1, -0.05) is 0 Å². The molecule has 1 aliphatic rings. The van der Waals surface area contributed by atoms with Crippen molar-refractivity contribution in [3.63, 3.8) is 0 Å². The smallest absolute Gasteiger partial charge is 0.159 e. The summed E-state index contributed by atoms with van der Waals surface area (Å²) in [5.41, 5.74) is 7.16. The molecule has 0 unspecified atom stereocenters. The van der Waals surface area contributed by atoms with E-state index in [4.69, 9.17) is 10.5 Å². The van der Waals surface area contributed by atoms with Gasteiger partial charge in [0, 0.05) is 17.7 Å². The summed E-state index contributed by atoms with van der Waals surface area (Å²) in [6.45, 7) is 0.431. The lowest BCUT2D eigenvalue weighted by Crippen LogP contribution is -2.07. The van der Waals surface area contributed by atoms with E-state index in [1.165, 1.54) is 0 Å². The number of carbonyl (C=O) groups is 1. The number of hydrogen-bond acceptors (Lipinski definition) is 3. The summed E-state index contributed by atoms with van der Waals surface area (Å²) in [6, 6.07) is 5.41. The molecule has 0 saturated heterocycles. The van der Waals surface area contributed by atoms with Crippen LogP contribution in [-0.4, -0.2) is 12.4 Å². The molecule has 3 nitrogen and oxygen atoms in total. The van der Waals surface area contributed by atoms with Gasteiger partial charge in [0.05, 0.1) is 6.61 Å². The fourth-order valence-electron chi connectivity index (χ4n) is 1.36. The van der Waals surface area contributed by atoms with Gasteiger partial charge in [-0.25, -0.2) is 0 Å². The van der Waals surface area contributed by atoms with Crippen molar-refractivity contribution in [1.82, 2.24) is 0 Å². The molecule has 72 valence electrons. The minimum absolute atomic E-state index is 0.0816. The highest BCUT2D eigenvalue weighted by Crippen LogP contribution is 2.24. The van der Waals surface area contributed by atoms with Crippen LogP contribution in [0.4, 0.5) is 5.69 Å². The first-order valence-electron chi connectivity index (χ1n) is 4.49. The van der Waals surface area contributed by atoms with Crippen molar-refractivity contribution in [3.8, 4) is 5.75 Å². The molecular formula is C11H11NO2. The molecule has 1 aliphatic heterocycles. The SMILES string of the molecule is Nc1ccc2c(c1)/C=C\C(=O)CCO2. The second-order valence-electron chi connectivity index (χ2n) is 3.20. The zero-order chi connectivity index (χ0) is 9.97. The monoisotopic (exact) mass is 189 g/mol. The number of anilines is 1. The number of ketones is 1. The molecule has 0 aliphatic carbocycles. The Hall–Kier alpha value is -1.77. The highest BCUT2D eigenvalue weighted by atomic mass is 16.5. The van der Waals surface area contributed by atoms with E-state index >= 15 is 0 Å². The molecule has 1 aromatic rings. The van der Waals surface area contributed by atoms with Crippen LogP contribution in [0.5, 0.6) is 5.75 Å². The summed E-state index contributed by atoms with van der Waals surface area (Å²) in [4.78, 5) is 11.1. The number of rotatable bonds is 0. The number of fused-ring (bicyclic) bond motifs is 1. The zero-order valence-corrected chi connectivity index (χ0v) is 7.69. The van der Waals surface area contributed by atoms with E-state index in [1.54, 1.807) is 24.3 Å². The Morgan fingerprint density at radius 2 is 2.14 bits per heavy atom. The van der Waals surface area contributed by atoms with E-state index in [-0.39, 0.29) is 5.78 Å². The van der Waals surface area contributed by atoms with Crippen molar-refractivity contribution in [2.45, 2.75) is 6.42 Å². The highest BCUT2D eigenvalue weighted by Gasteiger charge is 2.07. The molecule has 0 radical (unpaired) electrons. The van der Waals surface area contributed by atoms with Crippen molar-refractivity contribution in [2.24, 2.45) is 0 Å². The third-order valence-electron chi connectivity index (χ3n) is 2.09. The summed E-state index contributed by atoms with van der Waals surface area (Å²) >= 11 is 0. The first-order valence-corrected chi connectivity index (χ1v) is 4.49. The molecule has 3 heteroatoms. The normalized spacial score (nSPS) is 17.6. The fraction of sp³-hybridized carbons (Fsp3) is 0.182. The van der Waals surface area contributed by atoms with E-state index in [9.17, 15) is 4.79 Å². The lowest BCUT2D eigenvalue weighted by atomic mass is 10.1. The van der Waals surface area contributed by atoms with Crippen molar-refractivity contribution in [2.75, 3.05) is 12.3 Å². The fourth-order valence-corrected chi connectivity index (χ4v) is 1.36. The van der Waals surface area contributed by atoms with Gasteiger partial charge in [-0.2, -0.15) is 0 Å². The Bertz CT molecular complexity index is 396. The molecule has 0 saturated carbocycles. The van der Waals surface area contributed by atoms with E-state index in [2.05, 4.69) is 0 Å². The van der Waals surface area contributed by atoms with Crippen LogP contribution < -0.4 is 10.5 Å². The Labute approximate surface area is 82.2 Å². The minimum atomic E-state index is 0.0816. The quantitative estimate of drug-likeness (QED) is 0.631. The van der Waals surface area contributed by atoms with Crippen molar-refractivity contribution >= 4 is 17.5 Å². The van der Waals surface area contributed by atoms with Gasteiger partial charge in [0.25, 0.3) is 0 Å². The van der Waals surface area contributed by atoms with Gasteiger partial charge in [0.1, 0.15) is 5.75 Å². The van der Waals surface area contributed by atoms with Gasteiger partial charge in [-0.15, -0.1) is 0 Å². The van der Waals surface area contributed by atoms with Gasteiger partial charge >= 0.3 is 0 Å². The largest absolute Gasteiger partial charge is 0.492 e. The van der Waals surface area contributed by atoms with Gasteiger partial charge in [0.2, 0.25) is 0 Å². The Morgan fingerprint density at radius 1 is 1.29 bits per heavy atom. The second-order valence-corrected chi connectivity index (χ2v) is 3.20. The number of carbonyl (C=O) groups excluding carboxylic acids is 1. The Morgan fingerprint density at radius 3 is 3.00 bits per heavy atom. The highest BCUT2D eigenvalue weighted by molar-refractivity contribution is 5.94. The van der Waals surface area contributed by atoms with Crippen LogP contribution in [0.25, 0.3) is 6.08 Å². The van der Waals surface area contributed by atoms with Crippen LogP contribution in [0.1, 0.15) is 12.0 Å². The maximum Gasteiger partial charge on any atom is 0.159 e. The van der Waals surface area contributed by atoms with Crippen molar-refractivity contribution < 1.29 is 9.53 Å². The Kier molecular flexibility index (Phi) is 2.23. The van der Waals surface area contributed by atoms with E-state index in [0.29, 0.717) is 18.7 Å². The third kappa shape index (κ3) is 1.76. The summed E-state index contributed by atoms with van der Waals surface area (Å²) < 4.78 is 5.43. The van der Waals surface area contributed by atoms with Crippen LogP contribution in [0, 0.1) is 0 Å². The van der Waals surface area contributed by atoms with Gasteiger partial charge in [-0.3, -0.25) is 4.79 Å². The number of hydrogen-bond donors (Lipinski definition) is 1. The number of nitrogen functional groups attached to an aromatic ring is 1. The summed E-state index contributed by atoms with van der Waals surface area (Å²) in [5.74, 6) is 0.862. The van der Waals surface area contributed by atoms with E-state index in [1.807, 2.05) is 6.07 Å². The molecule has 0 amide bonds.